The van der Waals surface area contributed by atoms with E-state index in [-0.39, 0.29) is 12.6 Å². The molecule has 0 aromatic rings. The fourth-order valence-electron chi connectivity index (χ4n) is 2.51. The number of piperidine rings is 1. The Morgan fingerprint density at radius 1 is 1.50 bits per heavy atom. The molecule has 1 heterocycles. The number of aliphatic hydroxyl groups is 1. The zero-order valence-corrected chi connectivity index (χ0v) is 11.7. The van der Waals surface area contributed by atoms with Crippen molar-refractivity contribution in [3.63, 3.8) is 0 Å². The molecule has 0 radical (unpaired) electrons. The van der Waals surface area contributed by atoms with E-state index in [9.17, 15) is 4.79 Å². The third-order valence-electron chi connectivity index (χ3n) is 3.63. The molecule has 106 valence electrons. The summed E-state index contributed by atoms with van der Waals surface area (Å²) in [6, 6.07) is 0.350. The van der Waals surface area contributed by atoms with E-state index in [1.165, 1.54) is 7.11 Å². The highest BCUT2D eigenvalue weighted by molar-refractivity contribution is 5.71. The summed E-state index contributed by atoms with van der Waals surface area (Å²) in [5.74, 6) is 1.00. The third kappa shape index (κ3) is 4.92. The Bertz CT molecular complexity index is 259. The van der Waals surface area contributed by atoms with E-state index in [0.29, 0.717) is 31.0 Å². The average molecular weight is 258 g/mol. The number of hydrogen-bond acceptors (Lipinski definition) is 5. The summed E-state index contributed by atoms with van der Waals surface area (Å²) in [5, 5.41) is 12.2. The van der Waals surface area contributed by atoms with Crippen LogP contribution in [-0.4, -0.2) is 61.9 Å². The van der Waals surface area contributed by atoms with E-state index >= 15 is 0 Å². The number of ether oxygens (including phenoxy) is 1. The molecular formula is C13H26N2O3. The van der Waals surface area contributed by atoms with Crippen LogP contribution in [0, 0.1) is 11.8 Å². The topological polar surface area (TPSA) is 61.8 Å². The maximum Gasteiger partial charge on any atom is 0.319 e. The number of methoxy groups -OCH3 is 1. The Hall–Kier alpha value is -0.650. The number of likely N-dealkylation sites (tertiary alicyclic amines) is 1. The molecule has 5 nitrogen and oxygen atoms in total. The molecule has 0 spiro atoms. The number of aliphatic hydroxyl groups excluding tert-OH is 1. The fraction of sp³-hybridized carbons (Fsp3) is 0.923. The summed E-state index contributed by atoms with van der Waals surface area (Å²) in [4.78, 5) is 13.5. The van der Waals surface area contributed by atoms with E-state index in [0.717, 1.165) is 19.5 Å². The summed E-state index contributed by atoms with van der Waals surface area (Å²) < 4.78 is 4.72. The second kappa shape index (κ2) is 7.71. The molecule has 1 fully saturated rings. The third-order valence-corrected chi connectivity index (χ3v) is 3.63. The molecule has 0 bridgehead atoms. The summed E-state index contributed by atoms with van der Waals surface area (Å²) >= 11 is 0. The molecule has 0 saturated carbocycles. The predicted molar refractivity (Wildman–Crippen MR) is 70.3 cm³/mol. The van der Waals surface area contributed by atoms with E-state index in [1.54, 1.807) is 0 Å². The van der Waals surface area contributed by atoms with E-state index in [4.69, 9.17) is 9.84 Å². The van der Waals surface area contributed by atoms with Gasteiger partial charge in [0.2, 0.25) is 0 Å². The molecule has 1 aliphatic rings. The summed E-state index contributed by atoms with van der Waals surface area (Å²) in [7, 11) is 1.42. The van der Waals surface area contributed by atoms with Crippen LogP contribution >= 0.6 is 0 Å². The number of nitrogens with one attached hydrogen (secondary N) is 1. The first kappa shape index (κ1) is 15.4. The molecule has 0 amide bonds. The highest BCUT2D eigenvalue weighted by Crippen LogP contribution is 2.23. The van der Waals surface area contributed by atoms with Gasteiger partial charge in [0.05, 0.1) is 20.3 Å². The summed E-state index contributed by atoms with van der Waals surface area (Å²) in [5.41, 5.74) is 0. The molecule has 1 aliphatic heterocycles. The smallest absolute Gasteiger partial charge is 0.319 e. The van der Waals surface area contributed by atoms with Gasteiger partial charge >= 0.3 is 5.97 Å². The molecule has 5 heteroatoms. The number of carbonyl (C=O) groups excluding carboxylic acids is 1. The first-order valence-electron chi connectivity index (χ1n) is 6.70. The van der Waals surface area contributed by atoms with Crippen LogP contribution in [0.3, 0.4) is 0 Å². The summed E-state index contributed by atoms with van der Waals surface area (Å²) in [6.45, 7) is 7.35. The monoisotopic (exact) mass is 258 g/mol. The number of hydrogen-bond donors (Lipinski definition) is 2. The van der Waals surface area contributed by atoms with Crippen LogP contribution in [0.1, 0.15) is 20.3 Å². The standard InChI is InChI=1S/C13H26N2O3/c1-10(2)11-6-12(14-4-5-16)8-15(7-11)9-13(17)18-3/h10-12,14,16H,4-9H2,1-3H3. The van der Waals surface area contributed by atoms with Crippen molar-refractivity contribution in [3.05, 3.63) is 0 Å². The van der Waals surface area contributed by atoms with Crippen molar-refractivity contribution in [1.82, 2.24) is 10.2 Å². The maximum atomic E-state index is 11.4. The van der Waals surface area contributed by atoms with E-state index in [1.807, 2.05) is 0 Å². The average Bonchev–Trinajstić information content (AvgIpc) is 2.35. The van der Waals surface area contributed by atoms with Crippen LogP contribution in [0.2, 0.25) is 0 Å². The van der Waals surface area contributed by atoms with Gasteiger partial charge < -0.3 is 15.2 Å². The summed E-state index contributed by atoms with van der Waals surface area (Å²) in [6.07, 6.45) is 1.11. The molecule has 2 atom stereocenters. The zero-order chi connectivity index (χ0) is 13.5. The van der Waals surface area contributed by atoms with E-state index in [2.05, 4.69) is 24.1 Å². The molecule has 18 heavy (non-hydrogen) atoms. The van der Waals surface area contributed by atoms with Crippen molar-refractivity contribution in [2.45, 2.75) is 26.3 Å². The largest absolute Gasteiger partial charge is 0.468 e. The van der Waals surface area contributed by atoms with Gasteiger partial charge in [0.1, 0.15) is 0 Å². The Kier molecular flexibility index (Phi) is 6.60. The van der Waals surface area contributed by atoms with Crippen LogP contribution in [0.15, 0.2) is 0 Å². The Morgan fingerprint density at radius 3 is 2.78 bits per heavy atom. The van der Waals surface area contributed by atoms with Gasteiger partial charge in [-0.25, -0.2) is 0 Å². The minimum atomic E-state index is -0.180. The molecule has 1 rings (SSSR count). The van der Waals surface area contributed by atoms with Gasteiger partial charge in [-0.15, -0.1) is 0 Å². The molecule has 2 unspecified atom stereocenters. The Labute approximate surface area is 109 Å². The lowest BCUT2D eigenvalue weighted by Crippen LogP contribution is -2.52. The minimum absolute atomic E-state index is 0.153. The normalized spacial score (nSPS) is 25.4. The molecule has 1 saturated heterocycles. The quantitative estimate of drug-likeness (QED) is 0.661. The van der Waals surface area contributed by atoms with Gasteiger partial charge in [0.25, 0.3) is 0 Å². The van der Waals surface area contributed by atoms with Crippen molar-refractivity contribution in [2.24, 2.45) is 11.8 Å². The van der Waals surface area contributed by atoms with Crippen molar-refractivity contribution >= 4 is 5.97 Å². The Morgan fingerprint density at radius 2 is 2.22 bits per heavy atom. The van der Waals surface area contributed by atoms with Crippen molar-refractivity contribution in [1.29, 1.82) is 0 Å². The van der Waals surface area contributed by atoms with Gasteiger partial charge in [-0.1, -0.05) is 13.8 Å². The number of nitrogens with zero attached hydrogens (tertiary/aromatic N) is 1. The van der Waals surface area contributed by atoms with Crippen LogP contribution in [0.4, 0.5) is 0 Å². The van der Waals surface area contributed by atoms with Crippen molar-refractivity contribution in [3.8, 4) is 0 Å². The highest BCUT2D eigenvalue weighted by atomic mass is 16.5. The molecular weight excluding hydrogens is 232 g/mol. The van der Waals surface area contributed by atoms with Crippen LogP contribution in [0.5, 0.6) is 0 Å². The molecule has 2 N–H and O–H groups in total. The van der Waals surface area contributed by atoms with Crippen molar-refractivity contribution < 1.29 is 14.6 Å². The number of rotatable bonds is 6. The highest BCUT2D eigenvalue weighted by Gasteiger charge is 2.29. The first-order chi connectivity index (χ1) is 8.56. The Balaban J connectivity index is 2.53. The number of esters is 1. The molecule has 0 aromatic heterocycles. The zero-order valence-electron chi connectivity index (χ0n) is 11.7. The van der Waals surface area contributed by atoms with Gasteiger partial charge in [-0.2, -0.15) is 0 Å². The molecule has 0 aliphatic carbocycles. The van der Waals surface area contributed by atoms with Crippen LogP contribution in [0.25, 0.3) is 0 Å². The second-order valence-corrected chi connectivity index (χ2v) is 5.38. The number of carbonyl (C=O) groups is 1. The van der Waals surface area contributed by atoms with Crippen molar-refractivity contribution in [2.75, 3.05) is 39.9 Å². The lowest BCUT2D eigenvalue weighted by atomic mass is 9.85. The van der Waals surface area contributed by atoms with Gasteiger partial charge in [0.15, 0.2) is 0 Å². The first-order valence-corrected chi connectivity index (χ1v) is 6.70. The fourth-order valence-corrected chi connectivity index (χ4v) is 2.51. The predicted octanol–water partition coefficient (Wildman–Crippen LogP) is 0.0878. The van der Waals surface area contributed by atoms with E-state index < -0.39 is 0 Å². The van der Waals surface area contributed by atoms with Gasteiger partial charge in [0, 0.05) is 25.7 Å². The lowest BCUT2D eigenvalue weighted by Gasteiger charge is -2.39. The van der Waals surface area contributed by atoms with Gasteiger partial charge in [-0.05, 0) is 18.3 Å². The second-order valence-electron chi connectivity index (χ2n) is 5.38. The van der Waals surface area contributed by atoms with Crippen LogP contribution in [-0.2, 0) is 9.53 Å². The lowest BCUT2D eigenvalue weighted by molar-refractivity contribution is -0.142. The van der Waals surface area contributed by atoms with Crippen LogP contribution < -0.4 is 5.32 Å². The minimum Gasteiger partial charge on any atom is -0.468 e. The molecule has 0 aromatic carbocycles. The van der Waals surface area contributed by atoms with Gasteiger partial charge in [-0.3, -0.25) is 9.69 Å². The SMILES string of the molecule is COC(=O)CN1CC(NCCO)CC(C(C)C)C1. The maximum absolute atomic E-state index is 11.4.